The Balaban J connectivity index is 0.000000613. The predicted molar refractivity (Wildman–Crippen MR) is 105 cm³/mol. The van der Waals surface area contributed by atoms with Gasteiger partial charge in [0.25, 0.3) is 6.47 Å². The molecule has 1 aliphatic heterocycles. The van der Waals surface area contributed by atoms with Crippen LogP contribution in [0.5, 0.6) is 0 Å². The minimum absolute atomic E-state index is 0.0762. The average molecular weight is 357 g/mol. The second-order valence-electron chi connectivity index (χ2n) is 7.35. The summed E-state index contributed by atoms with van der Waals surface area (Å²) < 4.78 is 9.15. The number of fused-ring (bicyclic) bond motifs is 3. The van der Waals surface area contributed by atoms with Gasteiger partial charge in [0, 0.05) is 11.4 Å². The number of ether oxygens (including phenoxy) is 1. The summed E-state index contributed by atoms with van der Waals surface area (Å²) in [6.07, 6.45) is 8.36. The Morgan fingerprint density at radius 2 is 1.96 bits per heavy atom. The molecule has 0 amide bonds. The second-order valence-corrected chi connectivity index (χ2v) is 7.35. The maximum atomic E-state index is 8.36. The van der Waals surface area contributed by atoms with Gasteiger partial charge < -0.3 is 14.4 Å². The lowest BCUT2D eigenvalue weighted by Crippen LogP contribution is -2.38. The molecular weight excluding hydrogens is 326 g/mol. The van der Waals surface area contributed by atoms with Crippen LogP contribution in [-0.4, -0.2) is 22.8 Å². The molecule has 1 aliphatic carbocycles. The molecule has 142 valence electrons. The topological polar surface area (TPSA) is 51.5 Å². The lowest BCUT2D eigenvalue weighted by Gasteiger charge is -2.41. The Hall–Kier alpha value is -1.81. The Morgan fingerprint density at radius 1 is 1.27 bits per heavy atom. The summed E-state index contributed by atoms with van der Waals surface area (Å²) in [5, 5.41) is 8.39. The van der Waals surface area contributed by atoms with E-state index in [1.807, 2.05) is 0 Å². The van der Waals surface area contributed by atoms with E-state index in [0.29, 0.717) is 6.04 Å². The maximum Gasteiger partial charge on any atom is 0.290 e. The molecule has 1 N–H and O–H groups in total. The zero-order chi connectivity index (χ0) is 18.7. The number of hydrogen-bond donors (Lipinski definition) is 1. The number of aryl methyl sites for hydroxylation is 1. The van der Waals surface area contributed by atoms with Crippen LogP contribution in [0.15, 0.2) is 18.2 Å². The molecule has 0 atom stereocenters. The standard InChI is InChI=1S/C21H29NO.CH2O2/c1-4-15-9-7-12-17-18-13-14-23-21(5-2,6-3)20(18)22(19(15)17)16-10-8-11-16;2-1-3/h7,9,12,16H,4-6,8,10-11,13-14H2,1-3H3;1H,(H,2,3). The van der Waals surface area contributed by atoms with Crippen molar-refractivity contribution in [2.45, 2.75) is 77.4 Å². The van der Waals surface area contributed by atoms with Crippen LogP contribution in [0, 0.1) is 0 Å². The lowest BCUT2D eigenvalue weighted by atomic mass is 9.85. The predicted octanol–water partition coefficient (Wildman–Crippen LogP) is 5.22. The molecule has 2 heterocycles. The number of benzene rings is 1. The zero-order valence-corrected chi connectivity index (χ0v) is 16.3. The SMILES string of the molecule is CCc1cccc2c3c(n(C4CCC4)c12)C(CC)(CC)OCC3.O=CO. The van der Waals surface area contributed by atoms with Crippen molar-refractivity contribution < 1.29 is 14.6 Å². The Morgan fingerprint density at radius 3 is 2.50 bits per heavy atom. The molecule has 1 aromatic carbocycles. The van der Waals surface area contributed by atoms with Gasteiger partial charge in [-0.25, -0.2) is 0 Å². The highest BCUT2D eigenvalue weighted by atomic mass is 16.5. The van der Waals surface area contributed by atoms with Gasteiger partial charge in [0.2, 0.25) is 0 Å². The highest BCUT2D eigenvalue weighted by Crippen LogP contribution is 2.48. The first-order valence-corrected chi connectivity index (χ1v) is 10.0. The largest absolute Gasteiger partial charge is 0.483 e. The summed E-state index contributed by atoms with van der Waals surface area (Å²) >= 11 is 0. The van der Waals surface area contributed by atoms with Crippen molar-refractivity contribution in [3.8, 4) is 0 Å². The van der Waals surface area contributed by atoms with Gasteiger partial charge >= 0.3 is 0 Å². The molecule has 0 radical (unpaired) electrons. The number of carbonyl (C=O) groups is 1. The van der Waals surface area contributed by atoms with Crippen LogP contribution < -0.4 is 0 Å². The minimum Gasteiger partial charge on any atom is -0.483 e. The van der Waals surface area contributed by atoms with Crippen LogP contribution in [-0.2, 0) is 28.0 Å². The van der Waals surface area contributed by atoms with Crippen LogP contribution in [0.1, 0.15) is 75.7 Å². The van der Waals surface area contributed by atoms with E-state index >= 15 is 0 Å². The number of aromatic nitrogens is 1. The minimum atomic E-state index is -0.250. The van der Waals surface area contributed by atoms with Crippen molar-refractivity contribution in [3.05, 3.63) is 35.0 Å². The number of carboxylic acid groups (broad SMARTS) is 1. The summed E-state index contributed by atoms with van der Waals surface area (Å²) in [6.45, 7) is 7.49. The summed E-state index contributed by atoms with van der Waals surface area (Å²) in [5.74, 6) is 0. The van der Waals surface area contributed by atoms with E-state index < -0.39 is 0 Å². The third-order valence-electron chi connectivity index (χ3n) is 6.34. The molecular formula is C22H31NO3. The normalized spacial score (nSPS) is 18.6. The first kappa shape index (κ1) is 19.0. The molecule has 1 aromatic heterocycles. The first-order chi connectivity index (χ1) is 12.7. The van der Waals surface area contributed by atoms with Crippen molar-refractivity contribution in [1.29, 1.82) is 0 Å². The molecule has 4 nitrogen and oxygen atoms in total. The second kappa shape index (κ2) is 7.83. The molecule has 1 saturated carbocycles. The van der Waals surface area contributed by atoms with Crippen molar-refractivity contribution in [2.75, 3.05) is 6.61 Å². The van der Waals surface area contributed by atoms with Gasteiger partial charge in [0.1, 0.15) is 5.60 Å². The summed E-state index contributed by atoms with van der Waals surface area (Å²) in [7, 11) is 0. The summed E-state index contributed by atoms with van der Waals surface area (Å²) in [5.41, 5.74) is 6.05. The third-order valence-corrected chi connectivity index (χ3v) is 6.34. The van der Waals surface area contributed by atoms with E-state index in [1.54, 1.807) is 5.56 Å². The van der Waals surface area contributed by atoms with Gasteiger partial charge in [-0.15, -0.1) is 0 Å². The number of para-hydroxylation sites is 1. The van der Waals surface area contributed by atoms with E-state index in [0.717, 1.165) is 32.3 Å². The monoisotopic (exact) mass is 357 g/mol. The molecule has 0 spiro atoms. The van der Waals surface area contributed by atoms with Crippen LogP contribution in [0.3, 0.4) is 0 Å². The highest BCUT2D eigenvalue weighted by molar-refractivity contribution is 5.89. The highest BCUT2D eigenvalue weighted by Gasteiger charge is 2.41. The van der Waals surface area contributed by atoms with E-state index in [4.69, 9.17) is 14.6 Å². The number of rotatable bonds is 4. The van der Waals surface area contributed by atoms with Crippen molar-refractivity contribution in [2.24, 2.45) is 0 Å². The molecule has 4 heteroatoms. The fourth-order valence-corrected chi connectivity index (χ4v) is 4.75. The zero-order valence-electron chi connectivity index (χ0n) is 16.3. The number of nitrogens with zero attached hydrogens (tertiary/aromatic N) is 1. The Kier molecular flexibility index (Phi) is 5.71. The fourth-order valence-electron chi connectivity index (χ4n) is 4.75. The third kappa shape index (κ3) is 2.84. The molecule has 0 saturated heterocycles. The van der Waals surface area contributed by atoms with E-state index in [9.17, 15) is 0 Å². The number of hydrogen-bond acceptors (Lipinski definition) is 2. The molecule has 0 unspecified atom stereocenters. The smallest absolute Gasteiger partial charge is 0.290 e. The van der Waals surface area contributed by atoms with Crippen molar-refractivity contribution in [3.63, 3.8) is 0 Å². The fraction of sp³-hybridized carbons (Fsp3) is 0.591. The quantitative estimate of drug-likeness (QED) is 0.764. The van der Waals surface area contributed by atoms with Crippen molar-refractivity contribution in [1.82, 2.24) is 4.57 Å². The van der Waals surface area contributed by atoms with Gasteiger partial charge in [-0.05, 0) is 56.1 Å². The Bertz CT molecular complexity index is 769. The van der Waals surface area contributed by atoms with Gasteiger partial charge in [0.05, 0.1) is 17.8 Å². The van der Waals surface area contributed by atoms with E-state index in [-0.39, 0.29) is 12.1 Å². The summed E-state index contributed by atoms with van der Waals surface area (Å²) in [6, 6.07) is 7.61. The average Bonchev–Trinajstić information content (AvgIpc) is 2.96. The van der Waals surface area contributed by atoms with E-state index in [2.05, 4.69) is 43.5 Å². The van der Waals surface area contributed by atoms with E-state index in [1.165, 1.54) is 41.4 Å². The molecule has 1 fully saturated rings. The van der Waals surface area contributed by atoms with Crippen LogP contribution >= 0.6 is 0 Å². The van der Waals surface area contributed by atoms with Gasteiger partial charge in [-0.1, -0.05) is 39.0 Å². The van der Waals surface area contributed by atoms with Gasteiger partial charge in [-0.2, -0.15) is 0 Å². The molecule has 26 heavy (non-hydrogen) atoms. The summed E-state index contributed by atoms with van der Waals surface area (Å²) in [4.78, 5) is 8.36. The lowest BCUT2D eigenvalue weighted by molar-refractivity contribution is -0.122. The van der Waals surface area contributed by atoms with Gasteiger partial charge in [0.15, 0.2) is 0 Å². The van der Waals surface area contributed by atoms with Crippen molar-refractivity contribution >= 4 is 17.4 Å². The molecule has 2 aromatic rings. The molecule has 2 aliphatic rings. The maximum absolute atomic E-state index is 8.36. The molecule has 4 rings (SSSR count). The first-order valence-electron chi connectivity index (χ1n) is 10.0. The van der Waals surface area contributed by atoms with Crippen LogP contribution in [0.4, 0.5) is 0 Å². The van der Waals surface area contributed by atoms with Crippen LogP contribution in [0.25, 0.3) is 10.9 Å². The Labute approximate surface area is 156 Å². The molecule has 0 bridgehead atoms. The van der Waals surface area contributed by atoms with Crippen LogP contribution in [0.2, 0.25) is 0 Å². The van der Waals surface area contributed by atoms with Gasteiger partial charge in [-0.3, -0.25) is 4.79 Å².